The monoisotopic (exact) mass is 722 g/mol. The molecule has 216 valence electrons. The van der Waals surface area contributed by atoms with Crippen molar-refractivity contribution in [2.75, 3.05) is 0 Å². The lowest BCUT2D eigenvalue weighted by molar-refractivity contribution is -0.0000430. The van der Waals surface area contributed by atoms with Crippen LogP contribution in [0.1, 0.15) is 42.7 Å². The predicted octanol–water partition coefficient (Wildman–Crippen LogP) is 4.38. The molecular weight excluding hydrogens is 701 g/mol. The van der Waals surface area contributed by atoms with Crippen LogP contribution in [-0.2, 0) is 9.47 Å². The van der Waals surface area contributed by atoms with Crippen molar-refractivity contribution in [2.24, 2.45) is 0 Å². The van der Waals surface area contributed by atoms with Gasteiger partial charge in [-0.15, -0.1) is 0 Å². The molecule has 7 rings (SSSR count). The van der Waals surface area contributed by atoms with Crippen molar-refractivity contribution in [3.8, 4) is 0 Å². The molecule has 2 unspecified atom stereocenters. The highest BCUT2D eigenvalue weighted by Gasteiger charge is 2.58. The Morgan fingerprint density at radius 1 is 0.558 bits per heavy atom. The Morgan fingerprint density at radius 3 is 1.42 bits per heavy atom. The van der Waals surface area contributed by atoms with Crippen molar-refractivity contribution in [2.45, 2.75) is 10.9 Å². The Balaban J connectivity index is 0.000000238. The van der Waals surface area contributed by atoms with Crippen molar-refractivity contribution in [1.29, 1.82) is 0 Å². The van der Waals surface area contributed by atoms with E-state index in [0.29, 0.717) is 22.3 Å². The molecule has 2 heterocycles. The van der Waals surface area contributed by atoms with Gasteiger partial charge in [-0.1, -0.05) is 54.6 Å². The minimum atomic E-state index is -2.50. The number of alkyl halides is 1. The van der Waals surface area contributed by atoms with Gasteiger partial charge in [-0.05, 0) is 88.7 Å². The zero-order valence-electron chi connectivity index (χ0n) is 22.4. The van der Waals surface area contributed by atoms with Crippen LogP contribution >= 0.6 is 23.2 Å². The normalized spacial score (nSPS) is 16.5. The SMILES string of the molecule is O=C1OC(Br)c2cc(F)ccc21.O=C1OC([P+](c2ccccc2)(c2ccccc2)c2ccccc2)c2cc(F)ccc21.[Br-]. The van der Waals surface area contributed by atoms with Gasteiger partial charge in [0, 0.05) is 5.56 Å². The molecule has 0 fully saturated rings. The Bertz CT molecular complexity index is 1680. The van der Waals surface area contributed by atoms with Gasteiger partial charge >= 0.3 is 11.9 Å². The molecule has 2 aliphatic heterocycles. The molecule has 0 bridgehead atoms. The number of hydrogen-bond acceptors (Lipinski definition) is 4. The van der Waals surface area contributed by atoms with Crippen LogP contribution in [0, 0.1) is 11.6 Å². The minimum absolute atomic E-state index is 0. The second-order valence-corrected chi connectivity index (χ2v) is 14.0. The van der Waals surface area contributed by atoms with E-state index in [9.17, 15) is 18.4 Å². The summed E-state index contributed by atoms with van der Waals surface area (Å²) in [6.45, 7) is 0. The first-order chi connectivity index (χ1) is 20.4. The zero-order valence-corrected chi connectivity index (χ0v) is 26.4. The van der Waals surface area contributed by atoms with Gasteiger partial charge in [-0.2, -0.15) is 0 Å². The van der Waals surface area contributed by atoms with E-state index in [0.717, 1.165) is 15.9 Å². The first-order valence-corrected chi connectivity index (χ1v) is 15.9. The molecule has 0 saturated carbocycles. The molecule has 4 nitrogen and oxygen atoms in total. The van der Waals surface area contributed by atoms with Crippen LogP contribution in [0.25, 0.3) is 0 Å². The number of ether oxygens (including phenoxy) is 2. The topological polar surface area (TPSA) is 52.6 Å². The van der Waals surface area contributed by atoms with E-state index in [-0.39, 0.29) is 28.6 Å². The van der Waals surface area contributed by atoms with E-state index in [4.69, 9.17) is 9.47 Å². The van der Waals surface area contributed by atoms with Crippen LogP contribution in [0.15, 0.2) is 127 Å². The van der Waals surface area contributed by atoms with E-state index >= 15 is 0 Å². The first-order valence-electron chi connectivity index (χ1n) is 13.1. The average Bonchev–Trinajstić information content (AvgIpc) is 3.49. The second kappa shape index (κ2) is 12.9. The highest BCUT2D eigenvalue weighted by Crippen LogP contribution is 2.69. The third-order valence-electron chi connectivity index (χ3n) is 7.25. The van der Waals surface area contributed by atoms with E-state index in [1.54, 1.807) is 0 Å². The van der Waals surface area contributed by atoms with Gasteiger partial charge in [0.05, 0.1) is 16.7 Å². The van der Waals surface area contributed by atoms with E-state index in [1.165, 1.54) is 36.4 Å². The van der Waals surface area contributed by atoms with Crippen LogP contribution in [0.2, 0.25) is 0 Å². The summed E-state index contributed by atoms with van der Waals surface area (Å²) in [4.78, 5) is 23.8. The third kappa shape index (κ3) is 5.67. The maximum atomic E-state index is 14.3. The Labute approximate surface area is 266 Å². The van der Waals surface area contributed by atoms with Gasteiger partial charge < -0.3 is 26.5 Å². The van der Waals surface area contributed by atoms with E-state index in [2.05, 4.69) is 52.3 Å². The quantitative estimate of drug-likeness (QED) is 0.157. The summed E-state index contributed by atoms with van der Waals surface area (Å²) in [6, 6.07) is 38.7. The van der Waals surface area contributed by atoms with Crippen LogP contribution in [-0.4, -0.2) is 11.9 Å². The fraction of sp³-hybridized carbons (Fsp3) is 0.0588. The predicted molar refractivity (Wildman–Crippen MR) is 163 cm³/mol. The standard InChI is InChI=1S/C26H19FO2P.C8H4BrFO2.BrH/c27-19-16-17-23-24(18-19)26(29-25(23)28)30(20-10-4-1-5-11-20,21-12-6-2-7-13-21)22-14-8-3-9-15-22;9-7-6-3-4(10)1-2-5(6)8(11)12-7;/h1-18,26H;1-3,7H;1H/q+1;;/p-1. The van der Waals surface area contributed by atoms with Gasteiger partial charge in [-0.3, -0.25) is 0 Å². The molecule has 0 N–H and O–H groups in total. The van der Waals surface area contributed by atoms with Crippen molar-refractivity contribution in [3.63, 3.8) is 0 Å². The molecule has 0 aliphatic carbocycles. The zero-order chi connectivity index (χ0) is 29.3. The highest BCUT2D eigenvalue weighted by molar-refractivity contribution is 9.09. The molecule has 0 spiro atoms. The fourth-order valence-electron chi connectivity index (χ4n) is 5.41. The van der Waals surface area contributed by atoms with Gasteiger partial charge in [0.1, 0.15) is 27.5 Å². The van der Waals surface area contributed by atoms with Gasteiger partial charge in [0.2, 0.25) is 5.85 Å². The number of cyclic esters (lactones) is 2. The maximum absolute atomic E-state index is 14.3. The molecule has 0 radical (unpaired) electrons. The average molecular weight is 724 g/mol. The summed E-state index contributed by atoms with van der Waals surface area (Å²) in [7, 11) is -2.50. The molecule has 5 aromatic carbocycles. The molecule has 0 aromatic heterocycles. The molecule has 0 amide bonds. The van der Waals surface area contributed by atoms with E-state index in [1.807, 2.05) is 54.6 Å². The van der Waals surface area contributed by atoms with Crippen molar-refractivity contribution in [1.82, 2.24) is 0 Å². The molecule has 0 saturated heterocycles. The number of esters is 2. The number of carbonyl (C=O) groups is 2. The van der Waals surface area contributed by atoms with Crippen molar-refractivity contribution >= 4 is 51.0 Å². The van der Waals surface area contributed by atoms with Crippen molar-refractivity contribution in [3.05, 3.63) is 161 Å². The van der Waals surface area contributed by atoms with Crippen LogP contribution in [0.5, 0.6) is 0 Å². The Morgan fingerprint density at radius 2 is 0.953 bits per heavy atom. The third-order valence-corrected chi connectivity index (χ3v) is 12.4. The number of benzene rings is 5. The van der Waals surface area contributed by atoms with Crippen molar-refractivity contribution < 1.29 is 44.8 Å². The second-order valence-electron chi connectivity index (χ2n) is 9.67. The van der Waals surface area contributed by atoms with Gasteiger partial charge in [0.15, 0.2) is 12.3 Å². The van der Waals surface area contributed by atoms with Gasteiger partial charge in [-0.25, -0.2) is 18.4 Å². The molecule has 43 heavy (non-hydrogen) atoms. The fourth-order valence-corrected chi connectivity index (χ4v) is 10.5. The number of carbonyl (C=O) groups excluding carboxylic acids is 2. The summed E-state index contributed by atoms with van der Waals surface area (Å²) in [5, 5.41) is 2.74. The summed E-state index contributed by atoms with van der Waals surface area (Å²) in [6.07, 6.45) is 0. The van der Waals surface area contributed by atoms with Gasteiger partial charge in [0.25, 0.3) is 0 Å². The molecule has 2 aliphatic rings. The number of fused-ring (bicyclic) bond motifs is 2. The Kier molecular flexibility index (Phi) is 9.21. The molecule has 5 aromatic rings. The maximum Gasteiger partial charge on any atom is 0.342 e. The highest BCUT2D eigenvalue weighted by atomic mass is 79.9. The van der Waals surface area contributed by atoms with Crippen LogP contribution in [0.3, 0.4) is 0 Å². The lowest BCUT2D eigenvalue weighted by Crippen LogP contribution is -3.00. The lowest BCUT2D eigenvalue weighted by Gasteiger charge is -2.31. The summed E-state index contributed by atoms with van der Waals surface area (Å²) in [5.74, 6) is -2.14. The Hall–Kier alpha value is -3.71. The number of hydrogen-bond donors (Lipinski definition) is 0. The number of halogens is 4. The summed E-state index contributed by atoms with van der Waals surface area (Å²) in [5.41, 5.74) is 2.04. The number of rotatable bonds is 4. The summed E-state index contributed by atoms with van der Waals surface area (Å²) >= 11 is 3.10. The van der Waals surface area contributed by atoms with E-state index < -0.39 is 30.1 Å². The first kappa shape index (κ1) is 30.7. The molecule has 9 heteroatoms. The van der Waals surface area contributed by atoms with Crippen LogP contribution in [0.4, 0.5) is 8.78 Å². The summed E-state index contributed by atoms with van der Waals surface area (Å²) < 4.78 is 37.8. The lowest BCUT2D eigenvalue weighted by atomic mass is 10.1. The smallest absolute Gasteiger partial charge is 0.342 e. The largest absolute Gasteiger partial charge is 1.00 e. The van der Waals surface area contributed by atoms with Crippen LogP contribution < -0.4 is 32.9 Å². The molecular formula is C34H23Br2F2O4P. The molecule has 2 atom stereocenters. The minimum Gasteiger partial charge on any atom is -1.00 e.